The first kappa shape index (κ1) is 41.4. The Morgan fingerprint density at radius 2 is 1.27 bits per heavy atom. The second-order valence-electron chi connectivity index (χ2n) is 19.2. The second-order valence-corrected chi connectivity index (χ2v) is 19.2. The van der Waals surface area contributed by atoms with Gasteiger partial charge in [0.25, 0.3) is 0 Å². The zero-order chi connectivity index (χ0) is 36.1. The van der Waals surface area contributed by atoms with Gasteiger partial charge in [-0.15, -0.1) is 0 Å². The lowest BCUT2D eigenvalue weighted by molar-refractivity contribution is -0.169. The average Bonchev–Trinajstić information content (AvgIpc) is 3.53. The minimum Gasteiger partial charge on any atom is -0.462 e. The van der Waals surface area contributed by atoms with Crippen LogP contribution in [0.5, 0.6) is 0 Å². The number of hydrogen-bond donors (Lipinski definition) is 2. The van der Waals surface area contributed by atoms with Gasteiger partial charge in [-0.3, -0.25) is 9.59 Å². The van der Waals surface area contributed by atoms with Crippen LogP contribution in [0.25, 0.3) is 0 Å². The number of fused-ring (bicyclic) bond motifs is 1. The lowest BCUT2D eigenvalue weighted by Crippen LogP contribution is -2.52. The zero-order valence-electron chi connectivity index (χ0n) is 33.1. The highest BCUT2D eigenvalue weighted by Gasteiger charge is 2.76. The smallest absolute Gasteiger partial charge is 0.302 e. The van der Waals surface area contributed by atoms with Crippen LogP contribution in [0.1, 0.15) is 185 Å². The monoisotopic (exact) mass is 677 g/mol. The summed E-state index contributed by atoms with van der Waals surface area (Å²) in [5.41, 5.74) is -1.81. The third-order valence-corrected chi connectivity index (χ3v) is 13.4. The van der Waals surface area contributed by atoms with Crippen LogP contribution in [0.3, 0.4) is 0 Å². The molecule has 0 aromatic carbocycles. The summed E-state index contributed by atoms with van der Waals surface area (Å²) < 4.78 is 11.8. The fourth-order valence-corrected chi connectivity index (χ4v) is 10.5. The van der Waals surface area contributed by atoms with Crippen LogP contribution in [-0.2, 0) is 19.1 Å². The topological polar surface area (TPSA) is 96.4 Å². The Balaban J connectivity index is 1.23. The van der Waals surface area contributed by atoms with Crippen LogP contribution in [0, 0.1) is 40.4 Å². The van der Waals surface area contributed by atoms with Gasteiger partial charge in [-0.25, -0.2) is 0 Å². The van der Waals surface area contributed by atoms with Crippen molar-refractivity contribution in [3.63, 3.8) is 0 Å². The number of hydrogen-bond acceptors (Lipinski definition) is 6. The molecule has 0 aromatic rings. The summed E-state index contributed by atoms with van der Waals surface area (Å²) in [5, 5.41) is 21.6. The number of carbonyl (C=O) groups excluding carboxylic acids is 2. The molecule has 48 heavy (non-hydrogen) atoms. The predicted molar refractivity (Wildman–Crippen MR) is 196 cm³/mol. The number of Topliss-reactive ketones (excluding diaryl/α,β-unsaturated/α-hetero) is 1. The molecule has 2 aliphatic carbocycles. The Morgan fingerprint density at radius 3 is 1.79 bits per heavy atom. The largest absolute Gasteiger partial charge is 0.462 e. The van der Waals surface area contributed by atoms with Gasteiger partial charge in [0.1, 0.15) is 17.5 Å². The van der Waals surface area contributed by atoms with Gasteiger partial charge in [0.2, 0.25) is 0 Å². The van der Waals surface area contributed by atoms with E-state index in [2.05, 4.69) is 62.3 Å². The van der Waals surface area contributed by atoms with Gasteiger partial charge in [0.15, 0.2) is 0 Å². The number of epoxide rings is 1. The Kier molecular flexibility index (Phi) is 14.3. The highest BCUT2D eigenvalue weighted by molar-refractivity contribution is 5.82. The maximum absolute atomic E-state index is 13.2. The Hall–Kier alpha value is -0.980. The highest BCUT2D eigenvalue weighted by Crippen LogP contribution is 2.67. The van der Waals surface area contributed by atoms with Gasteiger partial charge < -0.3 is 19.7 Å². The van der Waals surface area contributed by atoms with Crippen molar-refractivity contribution in [2.24, 2.45) is 40.4 Å². The number of ketones is 1. The SMILES string of the molecule is CC(=O)O[C@H]1CC(C)(C)C(CCC(C)CCCC(C)CCCCC(C)CCCC(C)C(=O)C[C@@]23O[C@]2(C)C[C@@H](O)CC3(C)C)[C@](C)(O)C1. The summed E-state index contributed by atoms with van der Waals surface area (Å²) in [6.07, 6.45) is 17.1. The molecule has 0 bridgehead atoms. The van der Waals surface area contributed by atoms with Crippen LogP contribution in [-0.4, -0.2) is 51.0 Å². The molecule has 1 heterocycles. The molecule has 0 amide bonds. The van der Waals surface area contributed by atoms with Gasteiger partial charge in [-0.05, 0) is 74.0 Å². The fourth-order valence-electron chi connectivity index (χ4n) is 10.5. The molecule has 2 saturated carbocycles. The highest BCUT2D eigenvalue weighted by atomic mass is 16.6. The standard InChI is InChI=1S/C42H76O6/c1-29(18-14-19-31(3)22-23-37-38(6,7)26-35(47-33(5)43)27-40(37,10)46)16-12-13-17-30(2)20-15-21-32(4)36(45)28-42-39(8,9)24-34(44)25-41(42,11)48-42/h29-32,34-35,37,44,46H,12-28H2,1-11H3/t29?,30?,31?,32?,34-,35-,37?,40+,41+,42-/m0/s1. The molecule has 0 spiro atoms. The minimum atomic E-state index is -0.807. The van der Waals surface area contributed by atoms with E-state index in [1.165, 1.54) is 58.3 Å². The zero-order valence-corrected chi connectivity index (χ0v) is 33.1. The number of unbranched alkanes of at least 4 members (excludes halogenated alkanes) is 1. The number of ether oxygens (including phenoxy) is 2. The third-order valence-electron chi connectivity index (χ3n) is 13.4. The van der Waals surface area contributed by atoms with Crippen molar-refractivity contribution in [1.29, 1.82) is 0 Å². The molecule has 2 N–H and O–H groups in total. The maximum Gasteiger partial charge on any atom is 0.302 e. The van der Waals surface area contributed by atoms with Crippen molar-refractivity contribution in [3.8, 4) is 0 Å². The molecular weight excluding hydrogens is 600 g/mol. The van der Waals surface area contributed by atoms with E-state index in [9.17, 15) is 19.8 Å². The molecule has 1 saturated heterocycles. The Bertz CT molecular complexity index is 1030. The summed E-state index contributed by atoms with van der Waals surface area (Å²) in [5.74, 6) is 2.49. The van der Waals surface area contributed by atoms with E-state index < -0.39 is 11.2 Å². The number of rotatable bonds is 20. The van der Waals surface area contributed by atoms with E-state index in [-0.39, 0.29) is 46.4 Å². The van der Waals surface area contributed by atoms with Gasteiger partial charge in [0.05, 0.1) is 17.3 Å². The molecule has 0 aromatic heterocycles. The lowest BCUT2D eigenvalue weighted by Gasteiger charge is -2.50. The molecule has 280 valence electrons. The first-order valence-corrected chi connectivity index (χ1v) is 19.9. The number of aliphatic hydroxyl groups is 2. The summed E-state index contributed by atoms with van der Waals surface area (Å²) in [6.45, 7) is 23.5. The van der Waals surface area contributed by atoms with E-state index in [0.29, 0.717) is 43.3 Å². The summed E-state index contributed by atoms with van der Waals surface area (Å²) in [4.78, 5) is 24.7. The quantitative estimate of drug-likeness (QED) is 0.0757. The molecular formula is C42H76O6. The molecule has 10 atom stereocenters. The molecule has 0 radical (unpaired) electrons. The molecule has 3 aliphatic rings. The molecule has 1 aliphatic heterocycles. The van der Waals surface area contributed by atoms with E-state index in [1.807, 2.05) is 6.92 Å². The minimum absolute atomic E-state index is 0.0574. The van der Waals surface area contributed by atoms with Crippen LogP contribution in [0.4, 0.5) is 0 Å². The van der Waals surface area contributed by atoms with Gasteiger partial charge in [-0.1, -0.05) is 120 Å². The molecule has 3 fully saturated rings. The van der Waals surface area contributed by atoms with Crippen molar-refractivity contribution in [2.75, 3.05) is 0 Å². The summed E-state index contributed by atoms with van der Waals surface area (Å²) >= 11 is 0. The van der Waals surface area contributed by atoms with Gasteiger partial charge in [0, 0.05) is 32.1 Å². The number of carbonyl (C=O) groups is 2. The van der Waals surface area contributed by atoms with Crippen molar-refractivity contribution in [2.45, 2.75) is 214 Å². The normalized spacial score (nSPS) is 34.8. The molecule has 6 nitrogen and oxygen atoms in total. The Labute approximate surface area is 295 Å². The van der Waals surface area contributed by atoms with Crippen molar-refractivity contribution in [3.05, 3.63) is 0 Å². The Morgan fingerprint density at radius 1 is 0.750 bits per heavy atom. The van der Waals surface area contributed by atoms with Gasteiger partial charge >= 0.3 is 5.97 Å². The van der Waals surface area contributed by atoms with Crippen molar-refractivity contribution in [1.82, 2.24) is 0 Å². The fraction of sp³-hybridized carbons (Fsp3) is 0.952. The van der Waals surface area contributed by atoms with E-state index in [0.717, 1.165) is 38.0 Å². The molecule has 3 rings (SSSR count). The maximum atomic E-state index is 13.2. The molecule has 6 heteroatoms. The van der Waals surface area contributed by atoms with Crippen LogP contribution in [0.2, 0.25) is 0 Å². The van der Waals surface area contributed by atoms with Crippen LogP contribution in [0.15, 0.2) is 0 Å². The third kappa shape index (κ3) is 10.8. The lowest BCUT2D eigenvalue weighted by atomic mass is 9.59. The average molecular weight is 677 g/mol. The van der Waals surface area contributed by atoms with Crippen molar-refractivity contribution < 1.29 is 29.3 Å². The van der Waals surface area contributed by atoms with Crippen molar-refractivity contribution >= 4 is 11.8 Å². The second kappa shape index (κ2) is 16.6. The van der Waals surface area contributed by atoms with E-state index >= 15 is 0 Å². The predicted octanol–water partition coefficient (Wildman–Crippen LogP) is 10.00. The van der Waals surface area contributed by atoms with E-state index in [4.69, 9.17) is 9.47 Å². The summed E-state index contributed by atoms with van der Waals surface area (Å²) in [6, 6.07) is 0. The van der Waals surface area contributed by atoms with Gasteiger partial charge in [-0.2, -0.15) is 0 Å². The first-order chi connectivity index (χ1) is 22.1. The number of esters is 1. The first-order valence-electron chi connectivity index (χ1n) is 19.9. The van der Waals surface area contributed by atoms with E-state index in [1.54, 1.807) is 0 Å². The number of aliphatic hydroxyl groups excluding tert-OH is 1. The summed E-state index contributed by atoms with van der Waals surface area (Å²) in [7, 11) is 0. The van der Waals surface area contributed by atoms with Crippen LogP contribution >= 0.6 is 0 Å². The molecule has 5 unspecified atom stereocenters. The van der Waals surface area contributed by atoms with Crippen LogP contribution < -0.4 is 0 Å².